The second-order valence-corrected chi connectivity index (χ2v) is 6.42. The summed E-state index contributed by atoms with van der Waals surface area (Å²) in [6, 6.07) is 9.34. The molecule has 2 aliphatic carbocycles. The second-order valence-electron chi connectivity index (χ2n) is 6.42. The minimum Gasteiger partial charge on any atom is -0.0795 e. The van der Waals surface area contributed by atoms with Gasteiger partial charge in [-0.25, -0.2) is 0 Å². The maximum absolute atomic E-state index is 2.46. The van der Waals surface area contributed by atoms with Gasteiger partial charge in [0.1, 0.15) is 0 Å². The summed E-state index contributed by atoms with van der Waals surface area (Å²) in [7, 11) is 0. The molecule has 0 radical (unpaired) electrons. The molecule has 0 heteroatoms. The highest BCUT2D eigenvalue weighted by atomic mass is 14.2. The Kier molecular flexibility index (Phi) is 3.18. The first kappa shape index (κ1) is 12.9. The molecule has 0 nitrogen and oxygen atoms in total. The van der Waals surface area contributed by atoms with Crippen molar-refractivity contribution >= 4 is 22.9 Å². The van der Waals surface area contributed by atoms with Crippen LogP contribution in [0.2, 0.25) is 0 Å². The van der Waals surface area contributed by atoms with Crippen LogP contribution in [-0.2, 0) is 12.8 Å². The highest BCUT2D eigenvalue weighted by Gasteiger charge is 2.18. The van der Waals surface area contributed by atoms with E-state index in [-0.39, 0.29) is 0 Å². The van der Waals surface area contributed by atoms with Crippen molar-refractivity contribution in [3.8, 4) is 0 Å². The van der Waals surface area contributed by atoms with E-state index in [1.807, 2.05) is 0 Å². The summed E-state index contributed by atoms with van der Waals surface area (Å²) in [6.45, 7) is 2.28. The van der Waals surface area contributed by atoms with Gasteiger partial charge in [0.05, 0.1) is 0 Å². The summed E-state index contributed by atoms with van der Waals surface area (Å²) in [5, 5.41) is 3.03. The van der Waals surface area contributed by atoms with Crippen molar-refractivity contribution in [2.75, 3.05) is 0 Å². The Morgan fingerprint density at radius 3 is 2.62 bits per heavy atom. The predicted octanol–water partition coefficient (Wildman–Crippen LogP) is 5.93. The van der Waals surface area contributed by atoms with Gasteiger partial charge in [0.2, 0.25) is 0 Å². The zero-order chi connectivity index (χ0) is 14.2. The summed E-state index contributed by atoms with van der Waals surface area (Å²) < 4.78 is 0. The van der Waals surface area contributed by atoms with Gasteiger partial charge < -0.3 is 0 Å². The molecule has 106 valence electrons. The lowest BCUT2D eigenvalue weighted by Gasteiger charge is -2.22. The van der Waals surface area contributed by atoms with Crippen LogP contribution < -0.4 is 0 Å². The number of allylic oxidation sites excluding steroid dienone is 2. The maximum atomic E-state index is 2.46. The van der Waals surface area contributed by atoms with E-state index in [1.54, 1.807) is 5.57 Å². The minimum absolute atomic E-state index is 1.08. The Morgan fingerprint density at radius 2 is 1.71 bits per heavy atom. The molecule has 21 heavy (non-hydrogen) atoms. The van der Waals surface area contributed by atoms with Crippen LogP contribution >= 0.6 is 0 Å². The first-order valence-electron chi connectivity index (χ1n) is 8.30. The van der Waals surface area contributed by atoms with Crippen molar-refractivity contribution in [1.82, 2.24) is 0 Å². The molecule has 0 fully saturated rings. The molecule has 0 heterocycles. The highest BCUT2D eigenvalue weighted by Crippen LogP contribution is 2.38. The Bertz CT molecular complexity index is 759. The van der Waals surface area contributed by atoms with Crippen LogP contribution in [0.25, 0.3) is 22.9 Å². The Labute approximate surface area is 127 Å². The normalized spacial score (nSPS) is 15.4. The van der Waals surface area contributed by atoms with E-state index in [9.17, 15) is 0 Å². The summed E-state index contributed by atoms with van der Waals surface area (Å²) in [4.78, 5) is 0. The maximum Gasteiger partial charge on any atom is -0.00574 e. The molecule has 0 unspecified atom stereocenters. The third kappa shape index (κ3) is 2.14. The van der Waals surface area contributed by atoms with Crippen molar-refractivity contribution in [3.63, 3.8) is 0 Å². The van der Waals surface area contributed by atoms with Gasteiger partial charge in [-0.3, -0.25) is 0 Å². The Balaban J connectivity index is 1.82. The first-order chi connectivity index (χ1) is 10.4. The standard InChI is InChI=1S/C21H22/c1-2-3-4-6-15-13-18-11-9-16-7-5-8-17-10-12-19(14-15)21(18)20(16)17/h5,7,9-12,14H,2-4,6,8,13H2,1H3. The molecule has 2 aliphatic rings. The summed E-state index contributed by atoms with van der Waals surface area (Å²) in [5.74, 6) is 0. The van der Waals surface area contributed by atoms with Gasteiger partial charge in [-0.15, -0.1) is 0 Å². The fourth-order valence-corrected chi connectivity index (χ4v) is 3.86. The lowest BCUT2D eigenvalue weighted by atomic mass is 9.82. The van der Waals surface area contributed by atoms with Gasteiger partial charge in [-0.1, -0.05) is 67.8 Å². The van der Waals surface area contributed by atoms with Crippen LogP contribution in [0.15, 0.2) is 35.9 Å². The molecule has 2 aromatic carbocycles. The molecule has 0 aromatic heterocycles. The first-order valence-corrected chi connectivity index (χ1v) is 8.30. The van der Waals surface area contributed by atoms with E-state index in [0.29, 0.717) is 0 Å². The minimum atomic E-state index is 1.08. The van der Waals surface area contributed by atoms with E-state index in [0.717, 1.165) is 12.8 Å². The number of hydrogen-bond acceptors (Lipinski definition) is 0. The molecule has 0 N–H and O–H groups in total. The summed E-state index contributed by atoms with van der Waals surface area (Å²) >= 11 is 0. The van der Waals surface area contributed by atoms with Crippen LogP contribution in [0.3, 0.4) is 0 Å². The zero-order valence-electron chi connectivity index (χ0n) is 12.8. The van der Waals surface area contributed by atoms with Crippen LogP contribution in [-0.4, -0.2) is 0 Å². The predicted molar refractivity (Wildman–Crippen MR) is 92.5 cm³/mol. The van der Waals surface area contributed by atoms with Gasteiger partial charge in [-0.2, -0.15) is 0 Å². The van der Waals surface area contributed by atoms with Crippen molar-refractivity contribution in [1.29, 1.82) is 0 Å². The van der Waals surface area contributed by atoms with Crippen molar-refractivity contribution < 1.29 is 0 Å². The average molecular weight is 274 g/mol. The number of unbranched alkanes of at least 4 members (excludes halogenated alkanes) is 2. The van der Waals surface area contributed by atoms with Crippen LogP contribution in [0.4, 0.5) is 0 Å². The lowest BCUT2D eigenvalue weighted by molar-refractivity contribution is 0.707. The quantitative estimate of drug-likeness (QED) is 0.606. The monoisotopic (exact) mass is 274 g/mol. The molecule has 0 amide bonds. The van der Waals surface area contributed by atoms with E-state index in [4.69, 9.17) is 0 Å². The average Bonchev–Trinajstić information content (AvgIpc) is 2.53. The van der Waals surface area contributed by atoms with Gasteiger partial charge >= 0.3 is 0 Å². The Hall–Kier alpha value is -1.82. The molecule has 0 saturated carbocycles. The number of hydrogen-bond donors (Lipinski definition) is 0. The molecule has 0 bridgehead atoms. The molecule has 0 spiro atoms. The van der Waals surface area contributed by atoms with Gasteiger partial charge in [0.15, 0.2) is 0 Å². The third-order valence-corrected chi connectivity index (χ3v) is 4.91. The third-order valence-electron chi connectivity index (χ3n) is 4.91. The topological polar surface area (TPSA) is 0 Å². The number of rotatable bonds is 4. The molecule has 2 aromatic rings. The van der Waals surface area contributed by atoms with Gasteiger partial charge in [0, 0.05) is 0 Å². The fourth-order valence-electron chi connectivity index (χ4n) is 3.86. The van der Waals surface area contributed by atoms with Gasteiger partial charge in [0.25, 0.3) is 0 Å². The zero-order valence-corrected chi connectivity index (χ0v) is 12.8. The molecular formula is C21H22. The molecule has 0 aliphatic heterocycles. The van der Waals surface area contributed by atoms with Crippen LogP contribution in [0.5, 0.6) is 0 Å². The van der Waals surface area contributed by atoms with Crippen molar-refractivity contribution in [3.05, 3.63) is 58.2 Å². The molecule has 0 atom stereocenters. The highest BCUT2D eigenvalue weighted by molar-refractivity contribution is 6.03. The summed E-state index contributed by atoms with van der Waals surface area (Å²) in [6.07, 6.45) is 14.5. The van der Waals surface area contributed by atoms with E-state index < -0.39 is 0 Å². The summed E-state index contributed by atoms with van der Waals surface area (Å²) in [5.41, 5.74) is 7.49. The fraction of sp³-hybridized carbons (Fsp3) is 0.333. The van der Waals surface area contributed by atoms with E-state index in [1.165, 1.54) is 58.7 Å². The number of benzene rings is 2. The molecular weight excluding hydrogens is 252 g/mol. The van der Waals surface area contributed by atoms with E-state index >= 15 is 0 Å². The largest absolute Gasteiger partial charge is 0.0795 e. The van der Waals surface area contributed by atoms with E-state index in [2.05, 4.69) is 49.4 Å². The Morgan fingerprint density at radius 1 is 0.905 bits per heavy atom. The van der Waals surface area contributed by atoms with Crippen LogP contribution in [0, 0.1) is 0 Å². The smallest absolute Gasteiger partial charge is 0.00574 e. The molecule has 4 rings (SSSR count). The second kappa shape index (κ2) is 5.18. The van der Waals surface area contributed by atoms with Gasteiger partial charge in [-0.05, 0) is 58.7 Å². The van der Waals surface area contributed by atoms with Crippen LogP contribution in [0.1, 0.15) is 54.9 Å². The van der Waals surface area contributed by atoms with Crippen molar-refractivity contribution in [2.45, 2.75) is 45.4 Å². The van der Waals surface area contributed by atoms with Crippen molar-refractivity contribution in [2.24, 2.45) is 0 Å². The SMILES string of the molecule is CCCCCC1=Cc2ccc3c4c(ccc(c24)C1)C=CC3. The lowest BCUT2D eigenvalue weighted by Crippen LogP contribution is -2.03. The molecule has 0 saturated heterocycles.